The van der Waals surface area contributed by atoms with Crippen molar-refractivity contribution in [2.75, 3.05) is 18.0 Å². The van der Waals surface area contributed by atoms with Gasteiger partial charge in [-0.15, -0.1) is 10.2 Å². The zero-order valence-electron chi connectivity index (χ0n) is 11.6. The summed E-state index contributed by atoms with van der Waals surface area (Å²) in [5, 5.41) is 8.47. The molecule has 0 spiro atoms. The lowest BCUT2D eigenvalue weighted by Crippen LogP contribution is -2.29. The third kappa shape index (κ3) is 2.78. The van der Waals surface area contributed by atoms with Crippen molar-refractivity contribution in [3.8, 4) is 11.3 Å². The van der Waals surface area contributed by atoms with Crippen LogP contribution in [-0.2, 0) is 0 Å². The van der Waals surface area contributed by atoms with Gasteiger partial charge < -0.3 is 4.90 Å². The molecule has 1 saturated heterocycles. The fraction of sp³-hybridized carbons (Fsp3) is 0.375. The molecule has 4 heteroatoms. The van der Waals surface area contributed by atoms with Gasteiger partial charge in [-0.05, 0) is 56.0 Å². The first-order chi connectivity index (χ1) is 9.74. The van der Waals surface area contributed by atoms with Crippen LogP contribution in [0, 0.1) is 6.92 Å². The standard InChI is InChI=1S/C16H18ClN3/c1-12-11-13(14-6-8-16(17)19-18-14)5-7-15(12)20-9-3-2-4-10-20/h5-8,11H,2-4,9-10H2,1H3. The number of piperidine rings is 1. The Morgan fingerprint density at radius 2 is 1.80 bits per heavy atom. The minimum Gasteiger partial charge on any atom is -0.371 e. The number of aryl methyl sites for hydroxylation is 1. The molecular weight excluding hydrogens is 270 g/mol. The van der Waals surface area contributed by atoms with Crippen LogP contribution < -0.4 is 4.90 Å². The number of aromatic nitrogens is 2. The molecule has 0 radical (unpaired) electrons. The fourth-order valence-electron chi connectivity index (χ4n) is 2.77. The first-order valence-electron chi connectivity index (χ1n) is 7.09. The highest BCUT2D eigenvalue weighted by Crippen LogP contribution is 2.28. The summed E-state index contributed by atoms with van der Waals surface area (Å²) in [6.07, 6.45) is 3.95. The Morgan fingerprint density at radius 3 is 2.45 bits per heavy atom. The summed E-state index contributed by atoms with van der Waals surface area (Å²) >= 11 is 5.78. The average Bonchev–Trinajstić information content (AvgIpc) is 2.49. The lowest BCUT2D eigenvalue weighted by Gasteiger charge is -2.30. The van der Waals surface area contributed by atoms with E-state index in [2.05, 4.69) is 40.2 Å². The molecule has 1 aliphatic heterocycles. The highest BCUT2D eigenvalue weighted by Gasteiger charge is 2.13. The molecule has 2 heterocycles. The van der Waals surface area contributed by atoms with Crippen LogP contribution in [0.25, 0.3) is 11.3 Å². The Balaban J connectivity index is 1.88. The number of anilines is 1. The number of halogens is 1. The van der Waals surface area contributed by atoms with E-state index in [1.165, 1.54) is 43.6 Å². The first-order valence-corrected chi connectivity index (χ1v) is 7.47. The zero-order valence-corrected chi connectivity index (χ0v) is 12.4. The number of hydrogen-bond donors (Lipinski definition) is 0. The third-order valence-electron chi connectivity index (χ3n) is 3.82. The molecule has 104 valence electrons. The first kappa shape index (κ1) is 13.4. The van der Waals surface area contributed by atoms with E-state index in [4.69, 9.17) is 11.6 Å². The molecular formula is C16H18ClN3. The van der Waals surface area contributed by atoms with E-state index in [0.29, 0.717) is 5.15 Å². The van der Waals surface area contributed by atoms with Gasteiger partial charge in [-0.1, -0.05) is 17.7 Å². The maximum Gasteiger partial charge on any atom is 0.151 e. The molecule has 3 nitrogen and oxygen atoms in total. The maximum absolute atomic E-state index is 5.78. The van der Waals surface area contributed by atoms with Crippen molar-refractivity contribution >= 4 is 17.3 Å². The van der Waals surface area contributed by atoms with E-state index in [9.17, 15) is 0 Å². The van der Waals surface area contributed by atoms with Gasteiger partial charge in [0.1, 0.15) is 0 Å². The van der Waals surface area contributed by atoms with Crippen molar-refractivity contribution in [1.82, 2.24) is 10.2 Å². The van der Waals surface area contributed by atoms with Crippen molar-refractivity contribution in [3.05, 3.63) is 41.0 Å². The van der Waals surface area contributed by atoms with E-state index in [0.717, 1.165) is 11.3 Å². The van der Waals surface area contributed by atoms with Gasteiger partial charge in [-0.3, -0.25) is 0 Å². The molecule has 0 saturated carbocycles. The predicted octanol–water partition coefficient (Wildman–Crippen LogP) is 4.10. The van der Waals surface area contributed by atoms with Gasteiger partial charge >= 0.3 is 0 Å². The predicted molar refractivity (Wildman–Crippen MR) is 83.3 cm³/mol. The summed E-state index contributed by atoms with van der Waals surface area (Å²) in [5.74, 6) is 0. The van der Waals surface area contributed by atoms with E-state index >= 15 is 0 Å². The molecule has 0 bridgehead atoms. The molecule has 1 aliphatic rings. The fourth-order valence-corrected chi connectivity index (χ4v) is 2.88. The van der Waals surface area contributed by atoms with Crippen LogP contribution in [-0.4, -0.2) is 23.3 Å². The van der Waals surface area contributed by atoms with E-state index in [1.807, 2.05) is 6.07 Å². The second kappa shape index (κ2) is 5.80. The van der Waals surface area contributed by atoms with Gasteiger partial charge in [-0.2, -0.15) is 0 Å². The van der Waals surface area contributed by atoms with Gasteiger partial charge in [0.05, 0.1) is 5.69 Å². The van der Waals surface area contributed by atoms with Crippen molar-refractivity contribution in [2.24, 2.45) is 0 Å². The molecule has 1 aromatic carbocycles. The van der Waals surface area contributed by atoms with Crippen LogP contribution >= 0.6 is 11.6 Å². The van der Waals surface area contributed by atoms with Gasteiger partial charge in [0.25, 0.3) is 0 Å². The summed E-state index contributed by atoms with van der Waals surface area (Å²) < 4.78 is 0. The minimum atomic E-state index is 0.426. The SMILES string of the molecule is Cc1cc(-c2ccc(Cl)nn2)ccc1N1CCCCC1. The summed E-state index contributed by atoms with van der Waals surface area (Å²) in [6, 6.07) is 10.2. The van der Waals surface area contributed by atoms with Crippen molar-refractivity contribution in [3.63, 3.8) is 0 Å². The monoisotopic (exact) mass is 287 g/mol. The molecule has 0 atom stereocenters. The summed E-state index contributed by atoms with van der Waals surface area (Å²) in [4.78, 5) is 2.48. The highest BCUT2D eigenvalue weighted by molar-refractivity contribution is 6.29. The molecule has 20 heavy (non-hydrogen) atoms. The Hall–Kier alpha value is -1.61. The summed E-state index contributed by atoms with van der Waals surface area (Å²) in [6.45, 7) is 4.50. The summed E-state index contributed by atoms with van der Waals surface area (Å²) in [5.41, 5.74) is 4.59. The van der Waals surface area contributed by atoms with E-state index < -0.39 is 0 Å². The maximum atomic E-state index is 5.78. The lowest BCUT2D eigenvalue weighted by molar-refractivity contribution is 0.577. The van der Waals surface area contributed by atoms with Crippen LogP contribution in [0.15, 0.2) is 30.3 Å². The molecule has 1 fully saturated rings. The van der Waals surface area contributed by atoms with Crippen LogP contribution in [0.5, 0.6) is 0 Å². The lowest BCUT2D eigenvalue weighted by atomic mass is 10.0. The molecule has 0 amide bonds. The molecule has 0 unspecified atom stereocenters. The largest absolute Gasteiger partial charge is 0.371 e. The minimum absolute atomic E-state index is 0.426. The summed E-state index contributed by atoms with van der Waals surface area (Å²) in [7, 11) is 0. The number of hydrogen-bond acceptors (Lipinski definition) is 3. The molecule has 0 N–H and O–H groups in total. The third-order valence-corrected chi connectivity index (χ3v) is 4.02. The Morgan fingerprint density at radius 1 is 1.00 bits per heavy atom. The normalized spacial score (nSPS) is 15.4. The van der Waals surface area contributed by atoms with Gasteiger partial charge in [0, 0.05) is 24.3 Å². The van der Waals surface area contributed by atoms with Gasteiger partial charge in [0.15, 0.2) is 5.15 Å². The molecule has 2 aromatic rings. The molecule has 1 aromatic heterocycles. The number of nitrogens with zero attached hydrogens (tertiary/aromatic N) is 3. The van der Waals surface area contributed by atoms with Crippen LogP contribution in [0.3, 0.4) is 0 Å². The van der Waals surface area contributed by atoms with Gasteiger partial charge in [-0.25, -0.2) is 0 Å². The average molecular weight is 288 g/mol. The van der Waals surface area contributed by atoms with E-state index in [-0.39, 0.29) is 0 Å². The Kier molecular flexibility index (Phi) is 3.88. The topological polar surface area (TPSA) is 29.0 Å². The van der Waals surface area contributed by atoms with Crippen LogP contribution in [0.1, 0.15) is 24.8 Å². The van der Waals surface area contributed by atoms with Crippen LogP contribution in [0.2, 0.25) is 5.15 Å². The van der Waals surface area contributed by atoms with Crippen molar-refractivity contribution in [2.45, 2.75) is 26.2 Å². The second-order valence-corrected chi connectivity index (χ2v) is 5.68. The quantitative estimate of drug-likeness (QED) is 0.833. The Labute approximate surface area is 124 Å². The van der Waals surface area contributed by atoms with Crippen molar-refractivity contribution in [1.29, 1.82) is 0 Å². The number of rotatable bonds is 2. The number of benzene rings is 1. The van der Waals surface area contributed by atoms with Crippen LogP contribution in [0.4, 0.5) is 5.69 Å². The van der Waals surface area contributed by atoms with Gasteiger partial charge in [0.2, 0.25) is 0 Å². The second-order valence-electron chi connectivity index (χ2n) is 5.29. The zero-order chi connectivity index (χ0) is 13.9. The Bertz CT molecular complexity index is 589. The smallest absolute Gasteiger partial charge is 0.151 e. The van der Waals surface area contributed by atoms with Crippen molar-refractivity contribution < 1.29 is 0 Å². The highest BCUT2D eigenvalue weighted by atomic mass is 35.5. The molecule has 0 aliphatic carbocycles. The molecule has 3 rings (SSSR count). The van der Waals surface area contributed by atoms with E-state index in [1.54, 1.807) is 6.07 Å².